The molecule has 0 aliphatic carbocycles. The van der Waals surface area contributed by atoms with E-state index in [4.69, 9.17) is 9.84 Å². The van der Waals surface area contributed by atoms with Gasteiger partial charge in [-0.1, -0.05) is 12.1 Å². The van der Waals surface area contributed by atoms with Gasteiger partial charge >= 0.3 is 0 Å². The maximum atomic E-state index is 12.9. The molecule has 3 aromatic heterocycles. The van der Waals surface area contributed by atoms with Gasteiger partial charge in [-0.2, -0.15) is 10.2 Å². The Balaban J connectivity index is 1.34. The SMILES string of the molecule is COc1cccc(CC(=O)N2CCC(c3ccnc4c(Cn5cncn5)c(C)nn34)C2)c1. The Kier molecular flexibility index (Phi) is 5.30. The van der Waals surface area contributed by atoms with Crippen molar-refractivity contribution in [1.29, 1.82) is 0 Å². The maximum Gasteiger partial charge on any atom is 0.227 e. The summed E-state index contributed by atoms with van der Waals surface area (Å²) in [6, 6.07) is 9.70. The lowest BCUT2D eigenvalue weighted by Crippen LogP contribution is -2.30. The molecule has 1 aromatic carbocycles. The summed E-state index contributed by atoms with van der Waals surface area (Å²) in [7, 11) is 1.63. The van der Waals surface area contributed by atoms with Crippen LogP contribution in [0.2, 0.25) is 0 Å². The van der Waals surface area contributed by atoms with Gasteiger partial charge in [-0.15, -0.1) is 0 Å². The van der Waals surface area contributed by atoms with E-state index in [0.29, 0.717) is 19.5 Å². The highest BCUT2D eigenvalue weighted by atomic mass is 16.5. The van der Waals surface area contributed by atoms with E-state index in [-0.39, 0.29) is 11.8 Å². The molecule has 1 atom stereocenters. The third-order valence-electron chi connectivity index (χ3n) is 6.08. The topological polar surface area (TPSA) is 90.4 Å². The highest BCUT2D eigenvalue weighted by Crippen LogP contribution is 2.29. The van der Waals surface area contributed by atoms with Crippen LogP contribution in [0.5, 0.6) is 5.75 Å². The predicted molar refractivity (Wildman–Crippen MR) is 117 cm³/mol. The second kappa shape index (κ2) is 8.41. The zero-order chi connectivity index (χ0) is 22.1. The average Bonchev–Trinajstić information content (AvgIpc) is 3.55. The molecule has 1 amide bonds. The van der Waals surface area contributed by atoms with Gasteiger partial charge in [-0.3, -0.25) is 4.79 Å². The number of hydrogen-bond acceptors (Lipinski definition) is 6. The van der Waals surface area contributed by atoms with E-state index in [1.54, 1.807) is 18.1 Å². The van der Waals surface area contributed by atoms with Crippen LogP contribution in [0.15, 0.2) is 49.2 Å². The summed E-state index contributed by atoms with van der Waals surface area (Å²) in [6.45, 7) is 3.98. The number of benzene rings is 1. The molecule has 1 aliphatic heterocycles. The van der Waals surface area contributed by atoms with Crippen molar-refractivity contribution >= 4 is 11.6 Å². The summed E-state index contributed by atoms with van der Waals surface area (Å²) in [5.74, 6) is 1.12. The lowest BCUT2D eigenvalue weighted by atomic mass is 10.0. The van der Waals surface area contributed by atoms with Crippen LogP contribution in [0.3, 0.4) is 0 Å². The Bertz CT molecular complexity index is 1250. The van der Waals surface area contributed by atoms with Gasteiger partial charge in [0.25, 0.3) is 0 Å². The van der Waals surface area contributed by atoms with Crippen molar-refractivity contribution in [2.24, 2.45) is 0 Å². The van der Waals surface area contributed by atoms with Crippen LogP contribution >= 0.6 is 0 Å². The van der Waals surface area contributed by atoms with Gasteiger partial charge in [0.2, 0.25) is 5.91 Å². The molecule has 5 rings (SSSR count). The number of aromatic nitrogens is 6. The molecule has 4 heterocycles. The first-order chi connectivity index (χ1) is 15.6. The largest absolute Gasteiger partial charge is 0.497 e. The van der Waals surface area contributed by atoms with Crippen LogP contribution < -0.4 is 4.74 Å². The Morgan fingerprint density at radius 1 is 1.28 bits per heavy atom. The third kappa shape index (κ3) is 3.81. The molecule has 1 fully saturated rings. The molecule has 9 heteroatoms. The molecule has 0 N–H and O–H groups in total. The minimum Gasteiger partial charge on any atom is -0.497 e. The van der Waals surface area contributed by atoms with Gasteiger partial charge in [-0.25, -0.2) is 19.2 Å². The Labute approximate surface area is 185 Å². The number of amides is 1. The monoisotopic (exact) mass is 431 g/mol. The fourth-order valence-electron chi connectivity index (χ4n) is 4.38. The lowest BCUT2D eigenvalue weighted by molar-refractivity contribution is -0.129. The molecule has 0 spiro atoms. The summed E-state index contributed by atoms with van der Waals surface area (Å²) in [6.07, 6.45) is 6.32. The van der Waals surface area contributed by atoms with E-state index in [9.17, 15) is 4.79 Å². The van der Waals surface area contributed by atoms with E-state index >= 15 is 0 Å². The summed E-state index contributed by atoms with van der Waals surface area (Å²) in [5, 5.41) is 8.97. The second-order valence-corrected chi connectivity index (χ2v) is 8.12. The number of carbonyl (C=O) groups excluding carboxylic acids is 1. The zero-order valence-electron chi connectivity index (χ0n) is 18.2. The van der Waals surface area contributed by atoms with Crippen LogP contribution in [0.4, 0.5) is 0 Å². The first kappa shape index (κ1) is 20.2. The molecular weight excluding hydrogens is 406 g/mol. The van der Waals surface area contributed by atoms with Crippen molar-refractivity contribution < 1.29 is 9.53 Å². The average molecular weight is 432 g/mol. The molecule has 32 heavy (non-hydrogen) atoms. The van der Waals surface area contributed by atoms with Crippen LogP contribution in [0, 0.1) is 6.92 Å². The lowest BCUT2D eigenvalue weighted by Gasteiger charge is -2.17. The molecule has 164 valence electrons. The molecule has 0 bridgehead atoms. The first-order valence-corrected chi connectivity index (χ1v) is 10.7. The van der Waals surface area contributed by atoms with Gasteiger partial charge in [0.1, 0.15) is 18.4 Å². The molecule has 1 saturated heterocycles. The molecule has 1 unspecified atom stereocenters. The highest BCUT2D eigenvalue weighted by molar-refractivity contribution is 5.79. The highest BCUT2D eigenvalue weighted by Gasteiger charge is 2.29. The van der Waals surface area contributed by atoms with E-state index in [0.717, 1.165) is 46.9 Å². The smallest absolute Gasteiger partial charge is 0.227 e. The van der Waals surface area contributed by atoms with E-state index in [1.807, 2.05) is 52.9 Å². The van der Waals surface area contributed by atoms with Crippen molar-refractivity contribution in [2.45, 2.75) is 32.2 Å². The number of methoxy groups -OCH3 is 1. The van der Waals surface area contributed by atoms with Gasteiger partial charge in [0.05, 0.1) is 31.5 Å². The Morgan fingerprint density at radius 3 is 3.00 bits per heavy atom. The zero-order valence-corrected chi connectivity index (χ0v) is 18.2. The number of nitrogens with zero attached hydrogens (tertiary/aromatic N) is 7. The molecule has 4 aromatic rings. The van der Waals surface area contributed by atoms with Crippen molar-refractivity contribution in [1.82, 2.24) is 34.3 Å². The summed E-state index contributed by atoms with van der Waals surface area (Å²) >= 11 is 0. The van der Waals surface area contributed by atoms with Crippen molar-refractivity contribution in [3.63, 3.8) is 0 Å². The third-order valence-corrected chi connectivity index (χ3v) is 6.08. The fourth-order valence-corrected chi connectivity index (χ4v) is 4.38. The van der Waals surface area contributed by atoms with Crippen molar-refractivity contribution in [2.75, 3.05) is 20.2 Å². The van der Waals surface area contributed by atoms with E-state index in [1.165, 1.54) is 6.33 Å². The number of hydrogen-bond donors (Lipinski definition) is 0. The van der Waals surface area contributed by atoms with E-state index in [2.05, 4.69) is 15.1 Å². The summed E-state index contributed by atoms with van der Waals surface area (Å²) in [5.41, 5.74) is 4.83. The Morgan fingerprint density at radius 2 is 2.19 bits per heavy atom. The second-order valence-electron chi connectivity index (χ2n) is 8.12. The maximum absolute atomic E-state index is 12.9. The van der Waals surface area contributed by atoms with Gasteiger partial charge in [0, 0.05) is 30.8 Å². The van der Waals surface area contributed by atoms with E-state index < -0.39 is 0 Å². The normalized spacial score (nSPS) is 16.1. The quantitative estimate of drug-likeness (QED) is 0.465. The first-order valence-electron chi connectivity index (χ1n) is 10.7. The van der Waals surface area contributed by atoms with Crippen molar-refractivity contribution in [3.05, 3.63) is 71.7 Å². The number of ether oxygens (including phenoxy) is 1. The molecule has 0 saturated carbocycles. The van der Waals surface area contributed by atoms with Gasteiger partial charge in [0.15, 0.2) is 5.65 Å². The molecular formula is C23H25N7O2. The molecule has 1 aliphatic rings. The van der Waals surface area contributed by atoms with Gasteiger partial charge < -0.3 is 9.64 Å². The molecule has 0 radical (unpaired) electrons. The van der Waals surface area contributed by atoms with Crippen LogP contribution in [-0.2, 0) is 17.8 Å². The number of likely N-dealkylation sites (tertiary alicyclic amines) is 1. The summed E-state index contributed by atoms with van der Waals surface area (Å²) < 4.78 is 8.98. The van der Waals surface area contributed by atoms with Crippen molar-refractivity contribution in [3.8, 4) is 5.75 Å². The number of rotatable bonds is 6. The van der Waals surface area contributed by atoms with Gasteiger partial charge in [-0.05, 0) is 37.1 Å². The standard InChI is InChI=1S/C23H25N7O2/c1-16-20(13-29-15-24-14-26-29)23-25-8-6-21(30(23)27-16)18-7-9-28(12-18)22(31)11-17-4-3-5-19(10-17)32-2/h3-6,8,10,14-15,18H,7,9,11-13H2,1-2H3. The summed E-state index contributed by atoms with van der Waals surface area (Å²) in [4.78, 5) is 23.5. The minimum absolute atomic E-state index is 0.134. The minimum atomic E-state index is 0.134. The van der Waals surface area contributed by atoms with Crippen LogP contribution in [0.1, 0.15) is 34.9 Å². The predicted octanol–water partition coefficient (Wildman–Crippen LogP) is 2.24. The number of carbonyl (C=O) groups is 1. The molecule has 9 nitrogen and oxygen atoms in total. The van der Waals surface area contributed by atoms with Crippen LogP contribution in [0.25, 0.3) is 5.65 Å². The number of aryl methyl sites for hydroxylation is 1. The number of fused-ring (bicyclic) bond motifs is 1. The fraction of sp³-hybridized carbons (Fsp3) is 0.348. The van der Waals surface area contributed by atoms with Crippen LogP contribution in [-0.4, -0.2) is 60.4 Å². The Hall–Kier alpha value is -3.75.